The van der Waals surface area contributed by atoms with Gasteiger partial charge in [-0.15, -0.1) is 0 Å². The van der Waals surface area contributed by atoms with E-state index in [1.54, 1.807) is 0 Å². The summed E-state index contributed by atoms with van der Waals surface area (Å²) < 4.78 is 11.1. The van der Waals surface area contributed by atoms with Gasteiger partial charge in [0, 0.05) is 24.2 Å². The lowest BCUT2D eigenvalue weighted by atomic mass is 9.99. The van der Waals surface area contributed by atoms with Crippen molar-refractivity contribution in [3.63, 3.8) is 0 Å². The van der Waals surface area contributed by atoms with E-state index in [0.717, 1.165) is 41.0 Å². The van der Waals surface area contributed by atoms with Gasteiger partial charge in [0.15, 0.2) is 0 Å². The first kappa shape index (κ1) is 14.3. The van der Waals surface area contributed by atoms with Crippen molar-refractivity contribution in [3.05, 3.63) is 47.2 Å². The maximum absolute atomic E-state index is 11.7. The molecule has 1 saturated carbocycles. The number of carbonyl (C=O) groups is 1. The van der Waals surface area contributed by atoms with Gasteiger partial charge in [0.05, 0.1) is 12.1 Å². The average molecular weight is 323 g/mol. The van der Waals surface area contributed by atoms with Gasteiger partial charge < -0.3 is 9.15 Å². The third kappa shape index (κ3) is 2.46. The number of rotatable bonds is 3. The van der Waals surface area contributed by atoms with Gasteiger partial charge >= 0.3 is 5.97 Å². The van der Waals surface area contributed by atoms with E-state index in [-0.39, 0.29) is 5.97 Å². The van der Waals surface area contributed by atoms with Crippen LogP contribution in [0.25, 0.3) is 11.3 Å². The van der Waals surface area contributed by atoms with Crippen LogP contribution in [-0.4, -0.2) is 24.0 Å². The summed E-state index contributed by atoms with van der Waals surface area (Å²) in [5, 5.41) is 0. The molecule has 124 valence electrons. The van der Waals surface area contributed by atoms with Crippen LogP contribution in [0, 0.1) is 11.8 Å². The normalized spacial score (nSPS) is 25.8. The molecule has 4 heteroatoms. The van der Waals surface area contributed by atoms with E-state index in [1.807, 2.05) is 24.3 Å². The van der Waals surface area contributed by atoms with Crippen LogP contribution in [0.2, 0.25) is 0 Å². The van der Waals surface area contributed by atoms with Gasteiger partial charge in [-0.1, -0.05) is 12.1 Å². The number of esters is 1. The molecule has 0 unspecified atom stereocenters. The molecule has 5 rings (SSSR count). The Morgan fingerprint density at radius 2 is 1.92 bits per heavy atom. The number of benzene rings is 1. The number of fused-ring (bicyclic) bond motifs is 3. The lowest BCUT2D eigenvalue weighted by Crippen LogP contribution is -2.35. The van der Waals surface area contributed by atoms with Gasteiger partial charge in [-0.25, -0.2) is 4.79 Å². The molecule has 2 bridgehead atoms. The van der Waals surface area contributed by atoms with Gasteiger partial charge in [-0.2, -0.15) is 0 Å². The standard InChI is InChI=1S/C20H21NO3/c22-20-18-8-15(3-4-16(18)12-23-20)19-6-5-17(24-19)11-21-9-13-1-2-14(7-13)10-21/h3-6,8,13-14H,1-2,7,9-12H2/t13-,14+. The molecule has 1 saturated heterocycles. The topological polar surface area (TPSA) is 42.7 Å². The molecule has 4 nitrogen and oxygen atoms in total. The van der Waals surface area contributed by atoms with Gasteiger partial charge in [0.2, 0.25) is 0 Å². The Balaban J connectivity index is 1.34. The van der Waals surface area contributed by atoms with Crippen LogP contribution in [-0.2, 0) is 17.9 Å². The van der Waals surface area contributed by atoms with Crippen LogP contribution in [0.4, 0.5) is 0 Å². The predicted octanol–water partition coefficient (Wildman–Crippen LogP) is 3.85. The summed E-state index contributed by atoms with van der Waals surface area (Å²) in [4.78, 5) is 14.3. The maximum atomic E-state index is 11.7. The Labute approximate surface area is 141 Å². The number of ether oxygens (including phenoxy) is 1. The molecule has 0 radical (unpaired) electrons. The number of hydrogen-bond donors (Lipinski definition) is 0. The minimum Gasteiger partial charge on any atom is -0.460 e. The van der Waals surface area contributed by atoms with Crippen LogP contribution < -0.4 is 0 Å². The number of furan rings is 1. The van der Waals surface area contributed by atoms with Gasteiger partial charge in [-0.3, -0.25) is 4.90 Å². The highest BCUT2D eigenvalue weighted by molar-refractivity contribution is 5.94. The molecule has 2 aromatic rings. The van der Waals surface area contributed by atoms with Crippen molar-refractivity contribution in [2.24, 2.45) is 11.8 Å². The number of likely N-dealkylation sites (tertiary alicyclic amines) is 1. The van der Waals surface area contributed by atoms with Crippen LogP contribution in [0.1, 0.15) is 40.9 Å². The third-order valence-corrected chi connectivity index (χ3v) is 5.70. The third-order valence-electron chi connectivity index (χ3n) is 5.70. The zero-order valence-corrected chi connectivity index (χ0v) is 13.7. The molecule has 2 atom stereocenters. The smallest absolute Gasteiger partial charge is 0.338 e. The van der Waals surface area contributed by atoms with Crippen LogP contribution >= 0.6 is 0 Å². The number of piperidine rings is 1. The van der Waals surface area contributed by atoms with Gasteiger partial charge in [-0.05, 0) is 49.3 Å². The Morgan fingerprint density at radius 1 is 1.08 bits per heavy atom. The molecule has 2 fully saturated rings. The zero-order chi connectivity index (χ0) is 16.1. The summed E-state index contributed by atoms with van der Waals surface area (Å²) in [5.74, 6) is 3.38. The number of hydrogen-bond acceptors (Lipinski definition) is 4. The van der Waals surface area contributed by atoms with Crippen LogP contribution in [0.3, 0.4) is 0 Å². The fourth-order valence-corrected chi connectivity index (χ4v) is 4.55. The highest BCUT2D eigenvalue weighted by atomic mass is 16.5. The second kappa shape index (κ2) is 5.49. The van der Waals surface area contributed by atoms with Crippen molar-refractivity contribution in [2.75, 3.05) is 13.1 Å². The predicted molar refractivity (Wildman–Crippen MR) is 89.4 cm³/mol. The first-order valence-corrected chi connectivity index (χ1v) is 8.86. The molecule has 0 N–H and O–H groups in total. The fraction of sp³-hybridized carbons (Fsp3) is 0.450. The molecule has 1 aromatic carbocycles. The highest BCUT2D eigenvalue weighted by Gasteiger charge is 2.33. The van der Waals surface area contributed by atoms with E-state index in [9.17, 15) is 4.79 Å². The molecular formula is C20H21NO3. The van der Waals surface area contributed by atoms with Crippen molar-refractivity contribution in [1.29, 1.82) is 0 Å². The molecule has 3 heterocycles. The van der Waals surface area contributed by atoms with Crippen molar-refractivity contribution in [3.8, 4) is 11.3 Å². The van der Waals surface area contributed by atoms with Crippen molar-refractivity contribution in [1.82, 2.24) is 4.90 Å². The molecular weight excluding hydrogens is 302 g/mol. The fourth-order valence-electron chi connectivity index (χ4n) is 4.55. The molecule has 24 heavy (non-hydrogen) atoms. The quantitative estimate of drug-likeness (QED) is 0.805. The lowest BCUT2D eigenvalue weighted by molar-refractivity contribution is 0.0535. The van der Waals surface area contributed by atoms with Crippen molar-refractivity contribution >= 4 is 5.97 Å². The Hall–Kier alpha value is -2.07. The Kier molecular flexibility index (Phi) is 3.27. The first-order valence-electron chi connectivity index (χ1n) is 8.86. The van der Waals surface area contributed by atoms with E-state index >= 15 is 0 Å². The SMILES string of the molecule is O=C1OCc2ccc(-c3ccc(CN4C[C@@H]5CC[C@@H](C5)C4)o3)cc21. The maximum Gasteiger partial charge on any atom is 0.338 e. The van der Waals surface area contributed by atoms with E-state index in [0.29, 0.717) is 12.2 Å². The first-order chi connectivity index (χ1) is 11.7. The molecule has 1 aliphatic carbocycles. The molecule has 2 aliphatic heterocycles. The average Bonchev–Trinajstić information content (AvgIpc) is 3.28. The van der Waals surface area contributed by atoms with Gasteiger partial charge in [0.1, 0.15) is 18.1 Å². The van der Waals surface area contributed by atoms with Gasteiger partial charge in [0.25, 0.3) is 0 Å². The molecule has 0 amide bonds. The largest absolute Gasteiger partial charge is 0.460 e. The lowest BCUT2D eigenvalue weighted by Gasteiger charge is -2.30. The number of cyclic esters (lactones) is 1. The zero-order valence-electron chi connectivity index (χ0n) is 13.7. The second-order valence-corrected chi connectivity index (χ2v) is 7.45. The Morgan fingerprint density at radius 3 is 2.75 bits per heavy atom. The van der Waals surface area contributed by atoms with E-state index in [2.05, 4.69) is 11.0 Å². The minimum atomic E-state index is -0.234. The summed E-state index contributed by atoms with van der Waals surface area (Å²) in [6.45, 7) is 3.68. The highest BCUT2D eigenvalue weighted by Crippen LogP contribution is 2.37. The summed E-state index contributed by atoms with van der Waals surface area (Å²) in [7, 11) is 0. The number of nitrogens with zero attached hydrogens (tertiary/aromatic N) is 1. The monoisotopic (exact) mass is 323 g/mol. The summed E-state index contributed by atoms with van der Waals surface area (Å²) >= 11 is 0. The van der Waals surface area contributed by atoms with E-state index < -0.39 is 0 Å². The van der Waals surface area contributed by atoms with Crippen LogP contribution in [0.15, 0.2) is 34.7 Å². The second-order valence-electron chi connectivity index (χ2n) is 7.45. The Bertz CT molecular complexity index is 782. The van der Waals surface area contributed by atoms with Crippen LogP contribution in [0.5, 0.6) is 0 Å². The van der Waals surface area contributed by atoms with Crippen molar-refractivity contribution in [2.45, 2.75) is 32.4 Å². The minimum absolute atomic E-state index is 0.234. The molecule has 3 aliphatic rings. The summed E-state index contributed by atoms with van der Waals surface area (Å²) in [6, 6.07) is 9.92. The van der Waals surface area contributed by atoms with Crippen molar-refractivity contribution < 1.29 is 13.9 Å². The van der Waals surface area contributed by atoms with E-state index in [1.165, 1.54) is 32.4 Å². The van der Waals surface area contributed by atoms with E-state index in [4.69, 9.17) is 9.15 Å². The number of carbonyl (C=O) groups excluding carboxylic acids is 1. The summed E-state index contributed by atoms with van der Waals surface area (Å²) in [5.41, 5.74) is 2.56. The molecule has 0 spiro atoms. The summed E-state index contributed by atoms with van der Waals surface area (Å²) in [6.07, 6.45) is 4.22. The molecule has 1 aromatic heterocycles.